The van der Waals surface area contributed by atoms with Crippen molar-refractivity contribution < 1.29 is 18.3 Å². The molecule has 6 aliphatic rings. The summed E-state index contributed by atoms with van der Waals surface area (Å²) >= 11 is 13.2. The zero-order valence-electron chi connectivity index (χ0n) is 29.3. The molecule has 8 nitrogen and oxygen atoms in total. The number of carbonyl (C=O) groups excluding carboxylic acids is 1. The number of aryl methyl sites for hydroxylation is 1. The number of rotatable bonds is 9. The lowest BCUT2D eigenvalue weighted by Gasteiger charge is -2.39. The van der Waals surface area contributed by atoms with Gasteiger partial charge in [0.15, 0.2) is 5.82 Å². The van der Waals surface area contributed by atoms with E-state index in [9.17, 15) is 10.1 Å². The van der Waals surface area contributed by atoms with Crippen LogP contribution in [0.4, 0.5) is 8.78 Å². The molecule has 2 aromatic heterocycles. The Hall–Kier alpha value is -3.49. The van der Waals surface area contributed by atoms with Crippen molar-refractivity contribution in [1.82, 2.24) is 24.7 Å². The molecule has 10 rings (SSSR count). The predicted molar refractivity (Wildman–Crippen MR) is 198 cm³/mol. The Morgan fingerprint density at radius 1 is 1.19 bits per heavy atom. The number of likely N-dealkylation sites (N-methyl/N-ethyl adjacent to an activating group) is 1. The fourth-order valence-electron chi connectivity index (χ4n) is 9.67. The van der Waals surface area contributed by atoms with Gasteiger partial charge in [0.25, 0.3) is 0 Å². The molecule has 4 saturated heterocycles. The Kier molecular flexibility index (Phi) is 8.65. The molecule has 2 aliphatic carbocycles. The summed E-state index contributed by atoms with van der Waals surface area (Å²) < 4.78 is 42.1. The van der Waals surface area contributed by atoms with Crippen molar-refractivity contribution in [3.63, 3.8) is 0 Å². The number of nitrogens with zero attached hydrogens (tertiary/aromatic N) is 5. The van der Waals surface area contributed by atoms with E-state index in [0.29, 0.717) is 33.3 Å². The van der Waals surface area contributed by atoms with Crippen LogP contribution in [0.15, 0.2) is 30.3 Å². The molecule has 6 fully saturated rings. The predicted octanol–water partition coefficient (Wildman–Crippen LogP) is 8.17. The Morgan fingerprint density at radius 3 is 2.71 bits per heavy atom. The van der Waals surface area contributed by atoms with Gasteiger partial charge >= 0.3 is 0 Å². The van der Waals surface area contributed by atoms with E-state index in [-0.39, 0.29) is 78.0 Å². The molecule has 6 heterocycles. The van der Waals surface area contributed by atoms with Crippen LogP contribution in [0.1, 0.15) is 75.2 Å². The van der Waals surface area contributed by atoms with Gasteiger partial charge in [-0.05, 0) is 88.7 Å². The smallest absolute Gasteiger partial charge is 0.226 e. The second-order valence-corrected chi connectivity index (χ2v) is 16.4. The Morgan fingerprint density at radius 2 is 2.02 bits per heavy atom. The molecule has 4 aliphatic heterocycles. The summed E-state index contributed by atoms with van der Waals surface area (Å²) in [6.07, 6.45) is 3.99. The van der Waals surface area contributed by atoms with Crippen LogP contribution >= 0.6 is 23.2 Å². The lowest BCUT2D eigenvalue weighted by molar-refractivity contribution is -0.133. The first-order valence-corrected chi connectivity index (χ1v) is 19.5. The van der Waals surface area contributed by atoms with Crippen molar-refractivity contribution in [1.29, 1.82) is 5.26 Å². The normalized spacial score (nSPS) is 27.8. The van der Waals surface area contributed by atoms with Gasteiger partial charge < -0.3 is 19.5 Å². The van der Waals surface area contributed by atoms with Crippen LogP contribution in [0.5, 0.6) is 5.88 Å². The number of benzene rings is 2. The average molecular weight is 748 g/mol. The van der Waals surface area contributed by atoms with Gasteiger partial charge in [0.05, 0.1) is 45.6 Å². The quantitative estimate of drug-likeness (QED) is 0.186. The third-order valence-corrected chi connectivity index (χ3v) is 13.2. The molecule has 1 N–H and O–H groups in total. The molecule has 2 saturated carbocycles. The molecule has 4 aromatic rings. The van der Waals surface area contributed by atoms with Crippen LogP contribution in [0.25, 0.3) is 32.9 Å². The minimum absolute atomic E-state index is 0.0156. The number of nitrogens with one attached hydrogen (secondary N) is 1. The van der Waals surface area contributed by atoms with E-state index in [2.05, 4.69) is 27.9 Å². The minimum Gasteiger partial charge on any atom is -0.472 e. The molecule has 52 heavy (non-hydrogen) atoms. The molecule has 7 atom stereocenters. The van der Waals surface area contributed by atoms with Gasteiger partial charge in [-0.2, -0.15) is 5.26 Å². The third kappa shape index (κ3) is 5.49. The Balaban J connectivity index is 1.33. The maximum Gasteiger partial charge on any atom is 0.226 e. The van der Waals surface area contributed by atoms with Crippen LogP contribution in [0.2, 0.25) is 10.0 Å². The highest BCUT2D eigenvalue weighted by atomic mass is 35.5. The van der Waals surface area contributed by atoms with Gasteiger partial charge in [-0.25, -0.2) is 13.8 Å². The van der Waals surface area contributed by atoms with E-state index in [1.165, 1.54) is 0 Å². The number of pyridine rings is 1. The minimum atomic E-state index is -1.14. The van der Waals surface area contributed by atoms with Crippen LogP contribution in [-0.2, 0) is 11.2 Å². The molecule has 2 bridgehead atoms. The van der Waals surface area contributed by atoms with Crippen molar-refractivity contribution in [2.75, 3.05) is 26.7 Å². The molecular weight excluding hydrogens is 705 g/mol. The Bertz CT molecular complexity index is 2130. The van der Waals surface area contributed by atoms with E-state index >= 15 is 8.78 Å². The third-order valence-electron chi connectivity index (χ3n) is 12.4. The van der Waals surface area contributed by atoms with Crippen LogP contribution in [0.3, 0.4) is 0 Å². The molecule has 1 amide bonds. The monoisotopic (exact) mass is 746 g/mol. The van der Waals surface area contributed by atoms with E-state index in [1.54, 1.807) is 23.1 Å². The van der Waals surface area contributed by atoms with Crippen LogP contribution in [-0.4, -0.2) is 76.3 Å². The number of carbonyl (C=O) groups is 1. The SMILES string of the molecule is CC(Oc1nc2c(F)c(-c3cccc(Cl)c3Cl)c(CCC#N)cc2c2c1cc([C@H]1C[C@H](F)CN1C(=O)C1CC1)n2[C@H]1[C@H]2CN[C@@H]1C2)[C@@H]1CCCN1C. The highest BCUT2D eigenvalue weighted by Crippen LogP contribution is 2.52. The highest BCUT2D eigenvalue weighted by Gasteiger charge is 2.51. The number of halogens is 4. The summed E-state index contributed by atoms with van der Waals surface area (Å²) in [5, 5.41) is 15.1. The summed E-state index contributed by atoms with van der Waals surface area (Å²) in [7, 11) is 2.09. The summed E-state index contributed by atoms with van der Waals surface area (Å²) in [6, 6.07) is 11.3. The largest absolute Gasteiger partial charge is 0.472 e. The fourth-order valence-corrected chi connectivity index (χ4v) is 10.1. The number of fused-ring (bicyclic) bond motifs is 4. The van der Waals surface area contributed by atoms with Crippen molar-refractivity contribution >= 4 is 50.9 Å². The van der Waals surface area contributed by atoms with Gasteiger partial charge in [0.1, 0.15) is 17.8 Å². The first kappa shape index (κ1) is 34.3. The van der Waals surface area contributed by atoms with Gasteiger partial charge in [0.2, 0.25) is 11.8 Å². The van der Waals surface area contributed by atoms with Crippen molar-refractivity contribution in [3.05, 3.63) is 57.5 Å². The lowest BCUT2D eigenvalue weighted by Crippen LogP contribution is -2.41. The Labute approximate surface area is 312 Å². The zero-order chi connectivity index (χ0) is 36.0. The number of alkyl halides is 1. The first-order valence-electron chi connectivity index (χ1n) is 18.7. The lowest BCUT2D eigenvalue weighted by atomic mass is 9.79. The number of likely N-dealkylation sites (tertiary alicyclic amines) is 2. The van der Waals surface area contributed by atoms with Crippen LogP contribution in [0, 0.1) is 29.0 Å². The number of nitriles is 1. The topological polar surface area (TPSA) is 86.4 Å². The summed E-state index contributed by atoms with van der Waals surface area (Å²) in [5.74, 6) is 0.0525. The second-order valence-electron chi connectivity index (χ2n) is 15.6. The van der Waals surface area contributed by atoms with Crippen molar-refractivity contribution in [2.24, 2.45) is 11.8 Å². The van der Waals surface area contributed by atoms with E-state index in [1.807, 2.05) is 19.1 Å². The number of hydrogen-bond donors (Lipinski definition) is 1. The molecule has 0 spiro atoms. The summed E-state index contributed by atoms with van der Waals surface area (Å²) in [5.41, 5.74) is 3.06. The van der Waals surface area contributed by atoms with E-state index in [0.717, 1.165) is 61.8 Å². The number of aromatic nitrogens is 2. The van der Waals surface area contributed by atoms with Crippen LogP contribution < -0.4 is 10.1 Å². The van der Waals surface area contributed by atoms with Gasteiger partial charge in [-0.15, -0.1) is 0 Å². The van der Waals surface area contributed by atoms with Gasteiger partial charge in [-0.1, -0.05) is 35.3 Å². The second kappa shape index (κ2) is 13.1. The van der Waals surface area contributed by atoms with Gasteiger partial charge in [-0.3, -0.25) is 9.69 Å². The van der Waals surface area contributed by atoms with Crippen molar-refractivity contribution in [3.8, 4) is 23.1 Å². The van der Waals surface area contributed by atoms with E-state index < -0.39 is 18.0 Å². The number of hydrogen-bond acceptors (Lipinski definition) is 6. The fraction of sp³-hybridized carbons (Fsp3) is 0.525. The molecule has 272 valence electrons. The standard InChI is InChI=1S/C40H42Cl2F2N6O2/c1-20(30-9-5-13-48(30)2)52-39-27-17-32(31-16-24(43)19-49(31)40(51)21-10-11-21)50(37-23-15-29(37)46-18-23)38(27)26-14-22(6-4-12-45)33(35(44)36(26)47-39)25-7-3-8-28(41)34(25)42/h3,7-8,14,17,20-21,23-24,29-31,37,46H,4-6,9-11,13,15-16,18-19H2,1-2H3/t20?,23-,24+,29-,30+,31-,37+/m1/s1. The highest BCUT2D eigenvalue weighted by molar-refractivity contribution is 6.43. The number of amides is 1. The summed E-state index contributed by atoms with van der Waals surface area (Å²) in [6.45, 7) is 3.93. The summed E-state index contributed by atoms with van der Waals surface area (Å²) in [4.78, 5) is 22.7. The van der Waals surface area contributed by atoms with Gasteiger partial charge in [0, 0.05) is 59.6 Å². The first-order chi connectivity index (χ1) is 25.1. The van der Waals surface area contributed by atoms with E-state index in [4.69, 9.17) is 32.9 Å². The molecule has 2 aromatic carbocycles. The number of ether oxygens (including phenoxy) is 1. The molecule has 12 heteroatoms. The van der Waals surface area contributed by atoms with Crippen molar-refractivity contribution in [2.45, 2.75) is 94.7 Å². The maximum absolute atomic E-state index is 17.5. The molecular formula is C40H42Cl2F2N6O2. The molecule has 1 unspecified atom stereocenters. The zero-order valence-corrected chi connectivity index (χ0v) is 30.9. The maximum atomic E-state index is 17.5. The average Bonchev–Trinajstić information content (AvgIpc) is 3.55. The molecule has 0 radical (unpaired) electrons.